The number of hydrogen-bond donors (Lipinski definition) is 0. The van der Waals surface area contributed by atoms with Gasteiger partial charge < -0.3 is 0 Å². The molecule has 0 N–H and O–H groups in total. The molecule has 1 aromatic carbocycles. The topological polar surface area (TPSA) is 43.1 Å². The SMILES string of the molecule is CCCCCCCCCCCCCCCCCCCCCCCCCCCCCCc1ccc([N+](=O)[O-])cc1. The third-order valence-corrected chi connectivity index (χ3v) is 8.47. The minimum Gasteiger partial charge on any atom is -0.258 e. The summed E-state index contributed by atoms with van der Waals surface area (Å²) < 4.78 is 0. The van der Waals surface area contributed by atoms with E-state index in [0.717, 1.165) is 6.42 Å². The highest BCUT2D eigenvalue weighted by Gasteiger charge is 2.03. The monoisotopic (exact) mass is 544 g/mol. The van der Waals surface area contributed by atoms with Gasteiger partial charge in [-0.2, -0.15) is 0 Å². The molecule has 0 aliphatic carbocycles. The van der Waals surface area contributed by atoms with E-state index in [9.17, 15) is 10.1 Å². The van der Waals surface area contributed by atoms with Crippen LogP contribution in [0.15, 0.2) is 24.3 Å². The Morgan fingerprint density at radius 2 is 0.692 bits per heavy atom. The maximum absolute atomic E-state index is 10.7. The van der Waals surface area contributed by atoms with E-state index in [-0.39, 0.29) is 10.6 Å². The van der Waals surface area contributed by atoms with Crippen molar-refractivity contribution in [3.05, 3.63) is 39.9 Å². The zero-order valence-electron chi connectivity index (χ0n) is 26.1. The third kappa shape index (κ3) is 24.2. The summed E-state index contributed by atoms with van der Waals surface area (Å²) in [4.78, 5) is 10.4. The van der Waals surface area contributed by atoms with Gasteiger partial charge in [0.15, 0.2) is 0 Å². The first-order chi connectivity index (χ1) is 19.2. The second kappa shape index (κ2) is 28.2. The molecule has 0 unspecified atom stereocenters. The molecule has 3 nitrogen and oxygen atoms in total. The van der Waals surface area contributed by atoms with E-state index in [1.807, 2.05) is 12.1 Å². The van der Waals surface area contributed by atoms with Gasteiger partial charge >= 0.3 is 0 Å². The average Bonchev–Trinajstić information content (AvgIpc) is 2.94. The second-order valence-electron chi connectivity index (χ2n) is 12.2. The molecule has 39 heavy (non-hydrogen) atoms. The summed E-state index contributed by atoms with van der Waals surface area (Å²) in [6.45, 7) is 2.30. The first kappa shape index (κ1) is 35.6. The van der Waals surface area contributed by atoms with Crippen LogP contribution >= 0.6 is 0 Å². The summed E-state index contributed by atoms with van der Waals surface area (Å²) in [6.07, 6.45) is 41.0. The van der Waals surface area contributed by atoms with Gasteiger partial charge in [-0.05, 0) is 18.4 Å². The number of non-ortho nitro benzene ring substituents is 1. The van der Waals surface area contributed by atoms with E-state index in [1.54, 1.807) is 12.1 Å². The summed E-state index contributed by atoms with van der Waals surface area (Å²) in [7, 11) is 0. The number of nitro benzene ring substituents is 1. The number of hydrogen-bond acceptors (Lipinski definition) is 2. The summed E-state index contributed by atoms with van der Waals surface area (Å²) in [6, 6.07) is 7.05. The van der Waals surface area contributed by atoms with Gasteiger partial charge in [-0.3, -0.25) is 10.1 Å². The molecule has 3 heteroatoms. The normalized spacial score (nSPS) is 11.3. The van der Waals surface area contributed by atoms with Gasteiger partial charge in [0.05, 0.1) is 4.92 Å². The largest absolute Gasteiger partial charge is 0.269 e. The zero-order chi connectivity index (χ0) is 28.1. The Morgan fingerprint density at radius 1 is 0.436 bits per heavy atom. The first-order valence-corrected chi connectivity index (χ1v) is 17.5. The Hall–Kier alpha value is -1.38. The van der Waals surface area contributed by atoms with Crippen LogP contribution in [0.5, 0.6) is 0 Å². The quantitative estimate of drug-likeness (QED) is 0.0550. The average molecular weight is 544 g/mol. The summed E-state index contributed by atoms with van der Waals surface area (Å²) in [5.74, 6) is 0. The highest BCUT2D eigenvalue weighted by atomic mass is 16.6. The van der Waals surface area contributed by atoms with Crippen molar-refractivity contribution in [1.82, 2.24) is 0 Å². The van der Waals surface area contributed by atoms with Gasteiger partial charge in [-0.1, -0.05) is 192 Å². The lowest BCUT2D eigenvalue weighted by Gasteiger charge is -2.05. The number of benzene rings is 1. The Labute approximate surface area is 243 Å². The van der Waals surface area contributed by atoms with Crippen LogP contribution in [0.1, 0.15) is 192 Å². The molecule has 0 atom stereocenters. The molecule has 0 fully saturated rings. The molecule has 226 valence electrons. The number of nitro groups is 1. The fourth-order valence-electron chi connectivity index (χ4n) is 5.78. The van der Waals surface area contributed by atoms with Gasteiger partial charge in [-0.15, -0.1) is 0 Å². The summed E-state index contributed by atoms with van der Waals surface area (Å²) in [5.41, 5.74) is 1.41. The minimum absolute atomic E-state index is 0.189. The van der Waals surface area contributed by atoms with Crippen LogP contribution in [0.3, 0.4) is 0 Å². The maximum atomic E-state index is 10.7. The molecule has 0 heterocycles. The predicted octanol–water partition coefficient (Wildman–Crippen LogP) is 13.1. The van der Waals surface area contributed by atoms with Crippen molar-refractivity contribution in [3.63, 3.8) is 0 Å². The van der Waals surface area contributed by atoms with Crippen LogP contribution in [-0.2, 0) is 6.42 Å². The van der Waals surface area contributed by atoms with Crippen LogP contribution in [0, 0.1) is 10.1 Å². The molecule has 0 saturated heterocycles. The smallest absolute Gasteiger partial charge is 0.258 e. The lowest BCUT2D eigenvalue weighted by molar-refractivity contribution is -0.384. The second-order valence-corrected chi connectivity index (χ2v) is 12.2. The van der Waals surface area contributed by atoms with Gasteiger partial charge in [-0.25, -0.2) is 0 Å². The zero-order valence-corrected chi connectivity index (χ0v) is 26.1. The predicted molar refractivity (Wildman–Crippen MR) is 172 cm³/mol. The van der Waals surface area contributed by atoms with Crippen molar-refractivity contribution in [2.45, 2.75) is 193 Å². The van der Waals surface area contributed by atoms with E-state index in [2.05, 4.69) is 6.92 Å². The molecule has 0 radical (unpaired) electrons. The molecular weight excluding hydrogens is 478 g/mol. The Kier molecular flexibility index (Phi) is 25.7. The maximum Gasteiger partial charge on any atom is 0.269 e. The first-order valence-electron chi connectivity index (χ1n) is 17.5. The lowest BCUT2D eigenvalue weighted by Crippen LogP contribution is -1.90. The van der Waals surface area contributed by atoms with Gasteiger partial charge in [0.25, 0.3) is 5.69 Å². The number of unbranched alkanes of at least 4 members (excludes halogenated alkanes) is 27. The third-order valence-electron chi connectivity index (χ3n) is 8.47. The highest BCUT2D eigenvalue weighted by molar-refractivity contribution is 5.32. The van der Waals surface area contributed by atoms with E-state index >= 15 is 0 Å². The molecule has 0 spiro atoms. The van der Waals surface area contributed by atoms with Gasteiger partial charge in [0, 0.05) is 12.1 Å². The molecule has 0 amide bonds. The van der Waals surface area contributed by atoms with Crippen LogP contribution in [-0.4, -0.2) is 4.92 Å². The fraction of sp³-hybridized carbons (Fsp3) is 0.833. The molecule has 1 aromatic rings. The van der Waals surface area contributed by atoms with E-state index in [1.165, 1.54) is 185 Å². The van der Waals surface area contributed by atoms with Crippen molar-refractivity contribution < 1.29 is 4.92 Å². The molecule has 0 aromatic heterocycles. The molecule has 1 rings (SSSR count). The van der Waals surface area contributed by atoms with Crippen LogP contribution in [0.4, 0.5) is 5.69 Å². The standard InChI is InChI=1S/C36H65NO2/c1-2-3-4-5-6-7-8-9-10-11-12-13-14-15-16-17-18-19-20-21-22-23-24-25-26-27-28-29-30-35-31-33-36(34-32-35)37(38)39/h31-34H,2-30H2,1H3. The summed E-state index contributed by atoms with van der Waals surface area (Å²) in [5, 5.41) is 10.7. The van der Waals surface area contributed by atoms with Crippen molar-refractivity contribution >= 4 is 5.69 Å². The Balaban J connectivity index is 1.68. The molecule has 0 saturated carbocycles. The molecule has 0 bridgehead atoms. The molecule has 0 aliphatic rings. The van der Waals surface area contributed by atoms with E-state index in [0.29, 0.717) is 0 Å². The Morgan fingerprint density at radius 3 is 0.949 bits per heavy atom. The van der Waals surface area contributed by atoms with Crippen molar-refractivity contribution in [1.29, 1.82) is 0 Å². The van der Waals surface area contributed by atoms with Crippen molar-refractivity contribution in [2.75, 3.05) is 0 Å². The molecule has 0 aliphatic heterocycles. The van der Waals surface area contributed by atoms with Crippen molar-refractivity contribution in [2.24, 2.45) is 0 Å². The summed E-state index contributed by atoms with van der Waals surface area (Å²) >= 11 is 0. The number of rotatable bonds is 30. The van der Waals surface area contributed by atoms with Crippen LogP contribution < -0.4 is 0 Å². The highest BCUT2D eigenvalue weighted by Crippen LogP contribution is 2.17. The minimum atomic E-state index is -0.327. The van der Waals surface area contributed by atoms with Crippen molar-refractivity contribution in [3.8, 4) is 0 Å². The van der Waals surface area contributed by atoms with Gasteiger partial charge in [0.1, 0.15) is 0 Å². The molecular formula is C36H65NO2. The Bertz CT molecular complexity index is 642. The van der Waals surface area contributed by atoms with Crippen LogP contribution in [0.2, 0.25) is 0 Å². The number of nitrogens with zero attached hydrogens (tertiary/aromatic N) is 1. The van der Waals surface area contributed by atoms with E-state index in [4.69, 9.17) is 0 Å². The lowest BCUT2D eigenvalue weighted by atomic mass is 10.0. The number of aryl methyl sites for hydroxylation is 1. The fourth-order valence-corrected chi connectivity index (χ4v) is 5.78. The van der Waals surface area contributed by atoms with E-state index < -0.39 is 0 Å². The van der Waals surface area contributed by atoms with Gasteiger partial charge in [0.2, 0.25) is 0 Å². The van der Waals surface area contributed by atoms with Crippen LogP contribution in [0.25, 0.3) is 0 Å².